The molecule has 3 amide bonds. The van der Waals surface area contributed by atoms with E-state index >= 15 is 0 Å². The summed E-state index contributed by atoms with van der Waals surface area (Å²) in [5.74, 6) is -0.198. The Balaban J connectivity index is 0.00000161. The Morgan fingerprint density at radius 3 is 2.10 bits per heavy atom. The van der Waals surface area contributed by atoms with Crippen molar-refractivity contribution in [1.29, 1.82) is 0 Å². The van der Waals surface area contributed by atoms with Crippen LogP contribution in [0, 0.1) is 0 Å². The highest BCUT2D eigenvalue weighted by Crippen LogP contribution is 2.24. The third-order valence-corrected chi connectivity index (χ3v) is 3.94. The molecule has 0 aromatic heterocycles. The van der Waals surface area contributed by atoms with Crippen LogP contribution in [0.3, 0.4) is 0 Å². The lowest BCUT2D eigenvalue weighted by Gasteiger charge is -2.30. The number of urea groups is 1. The van der Waals surface area contributed by atoms with E-state index in [1.165, 1.54) is 24.9 Å². The molecule has 2 fully saturated rings. The average molecular weight is 310 g/mol. The lowest BCUT2D eigenvalue weighted by molar-refractivity contribution is -0.120. The van der Waals surface area contributed by atoms with Crippen LogP contribution in [-0.4, -0.2) is 31.6 Å². The fraction of sp³-hybridized carbons (Fsp3) is 0.467. The Morgan fingerprint density at radius 2 is 1.48 bits per heavy atom. The molecule has 3 rings (SSSR count). The van der Waals surface area contributed by atoms with Crippen LogP contribution in [0.5, 0.6) is 0 Å². The minimum Gasteiger partial charge on any atom is -0.372 e. The van der Waals surface area contributed by atoms with E-state index in [9.17, 15) is 9.59 Å². The minimum absolute atomic E-state index is 0. The first-order valence-corrected chi connectivity index (χ1v) is 7.20. The number of carbonyl (C=O) groups excluding carboxylic acids is 2. The maximum absolute atomic E-state index is 11.8. The molecule has 114 valence electrons. The van der Waals surface area contributed by atoms with Gasteiger partial charge in [-0.1, -0.05) is 0 Å². The summed E-state index contributed by atoms with van der Waals surface area (Å²) < 4.78 is 0. The number of amides is 3. The third-order valence-electron chi connectivity index (χ3n) is 3.94. The number of halogens is 1. The van der Waals surface area contributed by atoms with Gasteiger partial charge >= 0.3 is 6.03 Å². The Hall–Kier alpha value is -1.75. The topological polar surface area (TPSA) is 52.7 Å². The highest BCUT2D eigenvalue weighted by atomic mass is 35.5. The summed E-state index contributed by atoms with van der Waals surface area (Å²) in [6, 6.07) is 7.71. The van der Waals surface area contributed by atoms with Gasteiger partial charge in [0.2, 0.25) is 5.91 Å². The van der Waals surface area contributed by atoms with Crippen LogP contribution < -0.4 is 15.1 Å². The second kappa shape index (κ2) is 6.80. The molecule has 2 heterocycles. The van der Waals surface area contributed by atoms with Gasteiger partial charge in [-0.2, -0.15) is 0 Å². The Bertz CT molecular complexity index is 512. The van der Waals surface area contributed by atoms with Crippen molar-refractivity contribution in [1.82, 2.24) is 5.32 Å². The molecule has 2 aliphatic rings. The Kier molecular flexibility index (Phi) is 5.07. The summed E-state index contributed by atoms with van der Waals surface area (Å²) >= 11 is 0. The minimum atomic E-state index is -0.327. The standard InChI is InChI=1S/C15H19N3O2.ClH/c19-14-8-11-18(15(20)16-14)13-6-4-12(5-7-13)17-9-2-1-3-10-17;/h4-7H,1-3,8-11H2,(H,16,19,20);1H. The van der Waals surface area contributed by atoms with Crippen molar-refractivity contribution in [2.24, 2.45) is 0 Å². The third kappa shape index (κ3) is 3.47. The molecule has 21 heavy (non-hydrogen) atoms. The number of imide groups is 1. The molecule has 0 saturated carbocycles. The van der Waals surface area contributed by atoms with E-state index in [1.807, 2.05) is 12.1 Å². The van der Waals surface area contributed by atoms with Crippen molar-refractivity contribution >= 4 is 35.7 Å². The van der Waals surface area contributed by atoms with Crippen LogP contribution in [0.4, 0.5) is 16.2 Å². The van der Waals surface area contributed by atoms with E-state index in [1.54, 1.807) is 4.90 Å². The summed E-state index contributed by atoms with van der Waals surface area (Å²) in [5.41, 5.74) is 2.05. The van der Waals surface area contributed by atoms with Crippen molar-refractivity contribution in [3.63, 3.8) is 0 Å². The molecule has 1 N–H and O–H groups in total. The SMILES string of the molecule is Cl.O=C1CCN(c2ccc(N3CCCCC3)cc2)C(=O)N1. The van der Waals surface area contributed by atoms with E-state index in [0.717, 1.165) is 18.8 Å². The van der Waals surface area contributed by atoms with Gasteiger partial charge in [0, 0.05) is 37.4 Å². The largest absolute Gasteiger partial charge is 0.372 e. The molecular formula is C15H20ClN3O2. The molecule has 0 bridgehead atoms. The molecule has 0 unspecified atom stereocenters. The van der Waals surface area contributed by atoms with Gasteiger partial charge in [-0.05, 0) is 43.5 Å². The molecule has 6 heteroatoms. The van der Waals surface area contributed by atoms with Gasteiger partial charge in [-0.3, -0.25) is 15.0 Å². The first-order valence-electron chi connectivity index (χ1n) is 7.20. The molecule has 2 saturated heterocycles. The summed E-state index contributed by atoms with van der Waals surface area (Å²) in [5, 5.41) is 2.34. The van der Waals surface area contributed by atoms with Gasteiger partial charge in [-0.25, -0.2) is 4.79 Å². The second-order valence-electron chi connectivity index (χ2n) is 5.32. The molecule has 0 atom stereocenters. The monoisotopic (exact) mass is 309 g/mol. The van der Waals surface area contributed by atoms with Gasteiger partial charge in [-0.15, -0.1) is 12.4 Å². The lowest BCUT2D eigenvalue weighted by Crippen LogP contribution is -2.49. The molecule has 1 aromatic carbocycles. The second-order valence-corrected chi connectivity index (χ2v) is 5.32. The van der Waals surface area contributed by atoms with Crippen LogP contribution in [0.15, 0.2) is 24.3 Å². The number of nitrogens with one attached hydrogen (secondary N) is 1. The predicted octanol–water partition coefficient (Wildman–Crippen LogP) is 2.54. The van der Waals surface area contributed by atoms with E-state index in [-0.39, 0.29) is 24.3 Å². The van der Waals surface area contributed by atoms with E-state index in [2.05, 4.69) is 22.3 Å². The Labute approximate surface area is 130 Å². The molecule has 2 aliphatic heterocycles. The van der Waals surface area contributed by atoms with Gasteiger partial charge < -0.3 is 4.90 Å². The maximum atomic E-state index is 11.8. The maximum Gasteiger partial charge on any atom is 0.328 e. The average Bonchev–Trinajstić information content (AvgIpc) is 2.48. The lowest BCUT2D eigenvalue weighted by atomic mass is 10.1. The van der Waals surface area contributed by atoms with Crippen molar-refractivity contribution < 1.29 is 9.59 Å². The number of anilines is 2. The molecular weight excluding hydrogens is 290 g/mol. The highest BCUT2D eigenvalue weighted by Gasteiger charge is 2.24. The van der Waals surface area contributed by atoms with Crippen molar-refractivity contribution in [2.45, 2.75) is 25.7 Å². The van der Waals surface area contributed by atoms with Crippen LogP contribution in [0.2, 0.25) is 0 Å². The molecule has 0 spiro atoms. The zero-order valence-electron chi connectivity index (χ0n) is 11.9. The van der Waals surface area contributed by atoms with Gasteiger partial charge in [0.15, 0.2) is 0 Å². The summed E-state index contributed by atoms with van der Waals surface area (Å²) in [4.78, 5) is 26.9. The van der Waals surface area contributed by atoms with E-state index in [4.69, 9.17) is 0 Å². The number of rotatable bonds is 2. The normalized spacial score (nSPS) is 19.0. The van der Waals surface area contributed by atoms with Gasteiger partial charge in [0.1, 0.15) is 0 Å². The predicted molar refractivity (Wildman–Crippen MR) is 85.3 cm³/mol. The zero-order valence-corrected chi connectivity index (χ0v) is 12.7. The first kappa shape index (κ1) is 15.6. The van der Waals surface area contributed by atoms with Crippen LogP contribution in [0.1, 0.15) is 25.7 Å². The van der Waals surface area contributed by atoms with Crippen molar-refractivity contribution in [3.05, 3.63) is 24.3 Å². The summed E-state index contributed by atoms with van der Waals surface area (Å²) in [7, 11) is 0. The van der Waals surface area contributed by atoms with Crippen LogP contribution >= 0.6 is 12.4 Å². The first-order chi connectivity index (χ1) is 9.74. The zero-order chi connectivity index (χ0) is 13.9. The number of hydrogen-bond acceptors (Lipinski definition) is 3. The molecule has 5 nitrogen and oxygen atoms in total. The van der Waals surface area contributed by atoms with Crippen LogP contribution in [0.25, 0.3) is 0 Å². The number of piperidine rings is 1. The van der Waals surface area contributed by atoms with Gasteiger partial charge in [0.25, 0.3) is 0 Å². The van der Waals surface area contributed by atoms with Gasteiger partial charge in [0.05, 0.1) is 0 Å². The fourth-order valence-electron chi connectivity index (χ4n) is 2.81. The molecule has 0 radical (unpaired) electrons. The quantitative estimate of drug-likeness (QED) is 0.913. The summed E-state index contributed by atoms with van der Waals surface area (Å²) in [6.07, 6.45) is 4.17. The summed E-state index contributed by atoms with van der Waals surface area (Å²) in [6.45, 7) is 2.67. The fourth-order valence-corrected chi connectivity index (χ4v) is 2.81. The number of carbonyl (C=O) groups is 2. The molecule has 1 aromatic rings. The van der Waals surface area contributed by atoms with Crippen molar-refractivity contribution in [3.8, 4) is 0 Å². The molecule has 0 aliphatic carbocycles. The number of benzene rings is 1. The van der Waals surface area contributed by atoms with Crippen molar-refractivity contribution in [2.75, 3.05) is 29.4 Å². The number of nitrogens with zero attached hydrogens (tertiary/aromatic N) is 2. The van der Waals surface area contributed by atoms with Crippen LogP contribution in [-0.2, 0) is 4.79 Å². The number of hydrogen-bond donors (Lipinski definition) is 1. The smallest absolute Gasteiger partial charge is 0.328 e. The van der Waals surface area contributed by atoms with E-state index in [0.29, 0.717) is 13.0 Å². The highest BCUT2D eigenvalue weighted by molar-refractivity contribution is 6.05. The van der Waals surface area contributed by atoms with E-state index < -0.39 is 0 Å². The Morgan fingerprint density at radius 1 is 0.857 bits per heavy atom.